The molecule has 1 aliphatic carbocycles. The topological polar surface area (TPSA) is 0 Å². The lowest BCUT2D eigenvalue weighted by atomic mass is 9.88. The Morgan fingerprint density at radius 3 is 2.33 bits per heavy atom. The van der Waals surface area contributed by atoms with Crippen LogP contribution in [-0.4, -0.2) is 0 Å². The highest BCUT2D eigenvalue weighted by Crippen LogP contribution is 2.47. The monoisotopic (exact) mass is 250 g/mol. The normalized spacial score (nSPS) is 23.9. The Morgan fingerprint density at radius 2 is 1.78 bits per heavy atom. The fourth-order valence-corrected chi connectivity index (χ4v) is 3.30. The van der Waals surface area contributed by atoms with Crippen LogP contribution in [0.1, 0.15) is 85.0 Å². The van der Waals surface area contributed by atoms with Crippen molar-refractivity contribution in [1.82, 2.24) is 0 Å². The van der Waals surface area contributed by atoms with Crippen molar-refractivity contribution < 1.29 is 0 Å². The predicted molar refractivity (Wildman–Crippen MR) is 82.8 cm³/mol. The van der Waals surface area contributed by atoms with Crippen LogP contribution in [-0.2, 0) is 0 Å². The largest absolute Gasteiger partial charge is 0.0999 e. The van der Waals surface area contributed by atoms with Crippen LogP contribution in [0.2, 0.25) is 0 Å². The fourth-order valence-electron chi connectivity index (χ4n) is 3.30. The molecule has 3 atom stereocenters. The summed E-state index contributed by atoms with van der Waals surface area (Å²) in [5.74, 6) is 2.98. The highest BCUT2D eigenvalue weighted by Gasteiger charge is 2.38. The van der Waals surface area contributed by atoms with Crippen molar-refractivity contribution in [3.8, 4) is 0 Å². The van der Waals surface area contributed by atoms with E-state index in [4.69, 9.17) is 0 Å². The van der Waals surface area contributed by atoms with E-state index in [0.29, 0.717) is 0 Å². The molecule has 0 heterocycles. The molecule has 0 nitrogen and oxygen atoms in total. The maximum absolute atomic E-state index is 4.33. The Balaban J connectivity index is 2.12. The van der Waals surface area contributed by atoms with Gasteiger partial charge in [-0.3, -0.25) is 0 Å². The van der Waals surface area contributed by atoms with E-state index in [1.807, 2.05) is 0 Å². The summed E-state index contributed by atoms with van der Waals surface area (Å²) in [5, 5.41) is 0. The number of allylic oxidation sites excluding steroid dienone is 1. The molecule has 0 aromatic carbocycles. The first-order valence-electron chi connectivity index (χ1n) is 8.35. The van der Waals surface area contributed by atoms with Gasteiger partial charge in [-0.1, -0.05) is 71.4 Å². The average molecular weight is 250 g/mol. The maximum atomic E-state index is 4.33. The summed E-state index contributed by atoms with van der Waals surface area (Å²) in [6.07, 6.45) is 13.8. The summed E-state index contributed by atoms with van der Waals surface area (Å²) >= 11 is 0. The van der Waals surface area contributed by atoms with E-state index in [9.17, 15) is 0 Å². The van der Waals surface area contributed by atoms with Crippen LogP contribution >= 0.6 is 0 Å². The molecule has 1 rings (SSSR count). The van der Waals surface area contributed by atoms with Gasteiger partial charge in [-0.05, 0) is 43.4 Å². The molecule has 1 saturated carbocycles. The second kappa shape index (κ2) is 8.77. The van der Waals surface area contributed by atoms with Gasteiger partial charge in [0.15, 0.2) is 0 Å². The summed E-state index contributed by atoms with van der Waals surface area (Å²) in [5.41, 5.74) is 1.53. The molecule has 0 bridgehead atoms. The van der Waals surface area contributed by atoms with Crippen molar-refractivity contribution >= 4 is 0 Å². The molecule has 0 radical (unpaired) electrons. The molecule has 1 aliphatic rings. The number of hydrogen-bond acceptors (Lipinski definition) is 0. The molecule has 18 heavy (non-hydrogen) atoms. The zero-order valence-electron chi connectivity index (χ0n) is 13.0. The summed E-state index contributed by atoms with van der Waals surface area (Å²) in [4.78, 5) is 0. The third kappa shape index (κ3) is 6.07. The Kier molecular flexibility index (Phi) is 7.70. The van der Waals surface area contributed by atoms with Crippen molar-refractivity contribution in [3.05, 3.63) is 12.2 Å². The lowest BCUT2D eigenvalue weighted by Gasteiger charge is -2.17. The minimum atomic E-state index is 0.952. The summed E-state index contributed by atoms with van der Waals surface area (Å²) < 4.78 is 0. The molecule has 0 N–H and O–H groups in total. The first-order chi connectivity index (χ1) is 8.69. The van der Waals surface area contributed by atoms with E-state index < -0.39 is 0 Å². The van der Waals surface area contributed by atoms with Gasteiger partial charge in [0.05, 0.1) is 0 Å². The van der Waals surface area contributed by atoms with Gasteiger partial charge in [-0.25, -0.2) is 0 Å². The van der Waals surface area contributed by atoms with Crippen molar-refractivity contribution in [2.45, 2.75) is 85.0 Å². The minimum Gasteiger partial charge on any atom is -0.0999 e. The molecule has 0 aromatic heterocycles. The zero-order valence-corrected chi connectivity index (χ0v) is 13.0. The molecule has 0 spiro atoms. The number of hydrogen-bond donors (Lipinski definition) is 0. The molecular weight excluding hydrogens is 216 g/mol. The second-order valence-electron chi connectivity index (χ2n) is 6.54. The van der Waals surface area contributed by atoms with Gasteiger partial charge in [0.25, 0.3) is 0 Å². The third-order valence-corrected chi connectivity index (χ3v) is 4.62. The van der Waals surface area contributed by atoms with Crippen LogP contribution in [0.4, 0.5) is 0 Å². The first kappa shape index (κ1) is 15.8. The molecule has 1 fully saturated rings. The van der Waals surface area contributed by atoms with Crippen LogP contribution in [0, 0.1) is 17.8 Å². The number of unbranched alkanes of at least 4 members (excludes halogenated alkanes) is 4. The van der Waals surface area contributed by atoms with E-state index in [0.717, 1.165) is 17.8 Å². The van der Waals surface area contributed by atoms with Crippen molar-refractivity contribution in [1.29, 1.82) is 0 Å². The molecule has 0 aliphatic heterocycles. The van der Waals surface area contributed by atoms with Gasteiger partial charge in [0.2, 0.25) is 0 Å². The van der Waals surface area contributed by atoms with Crippen LogP contribution in [0.5, 0.6) is 0 Å². The summed E-state index contributed by atoms with van der Waals surface area (Å²) in [6.45, 7) is 11.4. The lowest BCUT2D eigenvalue weighted by Crippen LogP contribution is -2.05. The minimum absolute atomic E-state index is 0.952. The molecule has 0 aromatic rings. The van der Waals surface area contributed by atoms with E-state index in [-0.39, 0.29) is 0 Å². The molecule has 0 saturated heterocycles. The van der Waals surface area contributed by atoms with E-state index in [1.165, 1.54) is 69.8 Å². The van der Waals surface area contributed by atoms with Gasteiger partial charge in [0.1, 0.15) is 0 Å². The van der Waals surface area contributed by atoms with Crippen molar-refractivity contribution in [2.75, 3.05) is 0 Å². The van der Waals surface area contributed by atoms with Crippen LogP contribution in [0.25, 0.3) is 0 Å². The zero-order chi connectivity index (χ0) is 13.4. The molecule has 0 amide bonds. The quantitative estimate of drug-likeness (QED) is 0.295. The molecule has 0 heteroatoms. The van der Waals surface area contributed by atoms with Crippen molar-refractivity contribution in [2.24, 2.45) is 17.8 Å². The molecule has 3 unspecified atom stereocenters. The van der Waals surface area contributed by atoms with Gasteiger partial charge in [-0.15, -0.1) is 0 Å². The Labute approximate surface area is 115 Å². The molecular formula is C18H34. The smallest absolute Gasteiger partial charge is 0.0292 e. The summed E-state index contributed by atoms with van der Waals surface area (Å²) in [6, 6.07) is 0. The SMILES string of the molecule is C=C(CCCCCCC)CC(CCC)C1CC1C. The predicted octanol–water partition coefficient (Wildman–Crippen LogP) is 6.37. The standard InChI is InChI=1S/C18H34/c1-5-7-8-9-10-12-15(3)13-17(11-6-2)18-14-16(18)4/h16-18H,3,5-14H2,1-2,4H3. The fraction of sp³-hybridized carbons (Fsp3) is 0.889. The molecule has 106 valence electrons. The first-order valence-corrected chi connectivity index (χ1v) is 8.35. The summed E-state index contributed by atoms with van der Waals surface area (Å²) in [7, 11) is 0. The van der Waals surface area contributed by atoms with Crippen LogP contribution < -0.4 is 0 Å². The Bertz CT molecular complexity index is 228. The van der Waals surface area contributed by atoms with Crippen LogP contribution in [0.3, 0.4) is 0 Å². The van der Waals surface area contributed by atoms with Gasteiger partial charge < -0.3 is 0 Å². The number of rotatable bonds is 11. The second-order valence-corrected chi connectivity index (χ2v) is 6.54. The van der Waals surface area contributed by atoms with E-state index >= 15 is 0 Å². The van der Waals surface area contributed by atoms with Crippen LogP contribution in [0.15, 0.2) is 12.2 Å². The third-order valence-electron chi connectivity index (χ3n) is 4.62. The van der Waals surface area contributed by atoms with Gasteiger partial charge in [0, 0.05) is 0 Å². The van der Waals surface area contributed by atoms with E-state index in [1.54, 1.807) is 0 Å². The van der Waals surface area contributed by atoms with Gasteiger partial charge in [-0.2, -0.15) is 0 Å². The lowest BCUT2D eigenvalue weighted by molar-refractivity contribution is 0.398. The Morgan fingerprint density at radius 1 is 1.11 bits per heavy atom. The average Bonchev–Trinajstić information content (AvgIpc) is 3.05. The van der Waals surface area contributed by atoms with Crippen molar-refractivity contribution in [3.63, 3.8) is 0 Å². The van der Waals surface area contributed by atoms with Gasteiger partial charge >= 0.3 is 0 Å². The Hall–Kier alpha value is -0.260. The highest BCUT2D eigenvalue weighted by molar-refractivity contribution is 5.00. The highest BCUT2D eigenvalue weighted by atomic mass is 14.4. The van der Waals surface area contributed by atoms with E-state index in [2.05, 4.69) is 27.4 Å². The maximum Gasteiger partial charge on any atom is -0.0292 e.